The number of hydrogen-bond acceptors (Lipinski definition) is 2. The third-order valence-corrected chi connectivity index (χ3v) is 2.88. The lowest BCUT2D eigenvalue weighted by Gasteiger charge is -2.15. The Hall–Kier alpha value is -1.00. The Morgan fingerprint density at radius 3 is 2.69 bits per heavy atom. The summed E-state index contributed by atoms with van der Waals surface area (Å²) in [4.78, 5) is 17.0. The number of halogens is 1. The van der Waals surface area contributed by atoms with E-state index in [0.29, 0.717) is 12.2 Å². The molecule has 1 atom stereocenters. The highest BCUT2D eigenvalue weighted by molar-refractivity contribution is 5.94. The largest absolute Gasteiger partial charge is 0.354 e. The van der Waals surface area contributed by atoms with Gasteiger partial charge in [-0.05, 0) is 31.9 Å². The molecule has 5 heteroatoms. The van der Waals surface area contributed by atoms with Crippen LogP contribution in [0.2, 0.25) is 0 Å². The zero-order chi connectivity index (χ0) is 11.0. The van der Waals surface area contributed by atoms with Crippen molar-refractivity contribution in [2.75, 3.05) is 13.1 Å². The molecule has 16 heavy (non-hydrogen) atoms. The predicted octanol–water partition coefficient (Wildman–Crippen LogP) is 1.23. The van der Waals surface area contributed by atoms with Crippen molar-refractivity contribution in [1.29, 1.82) is 0 Å². The summed E-state index contributed by atoms with van der Waals surface area (Å²) >= 11 is 0. The Morgan fingerprint density at radius 1 is 1.56 bits per heavy atom. The van der Waals surface area contributed by atoms with E-state index in [1.807, 2.05) is 24.8 Å². The van der Waals surface area contributed by atoms with Crippen LogP contribution < -0.4 is 5.73 Å². The highest BCUT2D eigenvalue weighted by Crippen LogP contribution is 2.15. The molecule has 0 bridgehead atoms. The molecule has 1 saturated heterocycles. The maximum Gasteiger partial charge on any atom is 0.270 e. The Labute approximate surface area is 102 Å². The quantitative estimate of drug-likeness (QED) is 0.779. The molecule has 0 aromatic carbocycles. The van der Waals surface area contributed by atoms with Gasteiger partial charge in [0.05, 0.1) is 0 Å². The summed E-state index contributed by atoms with van der Waals surface area (Å²) in [7, 11) is 0. The van der Waals surface area contributed by atoms with Crippen LogP contribution in [0.4, 0.5) is 0 Å². The summed E-state index contributed by atoms with van der Waals surface area (Å²) < 4.78 is 0. The number of nitrogens with two attached hydrogens (primary N) is 1. The summed E-state index contributed by atoms with van der Waals surface area (Å²) in [5.74, 6) is 0.0774. The zero-order valence-corrected chi connectivity index (χ0v) is 10.4. The summed E-state index contributed by atoms with van der Waals surface area (Å²) in [6, 6.07) is 2.13. The van der Waals surface area contributed by atoms with Crippen molar-refractivity contribution in [2.45, 2.75) is 26.3 Å². The van der Waals surface area contributed by atoms with Crippen molar-refractivity contribution in [3.05, 3.63) is 23.0 Å². The Kier molecular flexibility index (Phi) is 3.99. The molecular formula is C11H18ClN3O. The van der Waals surface area contributed by atoms with Crippen molar-refractivity contribution >= 4 is 18.3 Å². The van der Waals surface area contributed by atoms with Crippen LogP contribution in [0, 0.1) is 13.8 Å². The van der Waals surface area contributed by atoms with Crippen LogP contribution in [0.15, 0.2) is 6.07 Å². The van der Waals surface area contributed by atoms with E-state index in [1.165, 1.54) is 0 Å². The SMILES string of the molecule is Cc1cc(C)c(C(=O)N2CC[C@H](N)C2)[nH]1.Cl. The van der Waals surface area contributed by atoms with Gasteiger partial charge in [-0.25, -0.2) is 0 Å². The molecule has 2 heterocycles. The Balaban J connectivity index is 0.00000128. The fourth-order valence-electron chi connectivity index (χ4n) is 2.08. The predicted molar refractivity (Wildman–Crippen MR) is 66.0 cm³/mol. The lowest BCUT2D eigenvalue weighted by Crippen LogP contribution is -2.32. The standard InChI is InChI=1S/C11H17N3O.ClH/c1-7-5-8(2)13-10(7)11(15)14-4-3-9(12)6-14;/h5,9,13H,3-4,6,12H2,1-2H3;1H/t9-;/m0./s1. The molecule has 90 valence electrons. The maximum absolute atomic E-state index is 12.1. The minimum atomic E-state index is 0. The number of carbonyl (C=O) groups is 1. The molecule has 1 fully saturated rings. The van der Waals surface area contributed by atoms with Crippen molar-refractivity contribution in [3.63, 3.8) is 0 Å². The smallest absolute Gasteiger partial charge is 0.270 e. The zero-order valence-electron chi connectivity index (χ0n) is 9.62. The molecule has 1 aromatic rings. The van der Waals surface area contributed by atoms with Gasteiger partial charge in [-0.3, -0.25) is 4.79 Å². The van der Waals surface area contributed by atoms with E-state index in [9.17, 15) is 4.79 Å². The number of hydrogen-bond donors (Lipinski definition) is 2. The molecular weight excluding hydrogens is 226 g/mol. The van der Waals surface area contributed by atoms with Crippen LogP contribution in [0.5, 0.6) is 0 Å². The van der Waals surface area contributed by atoms with Gasteiger partial charge in [0.1, 0.15) is 5.69 Å². The number of nitrogens with zero attached hydrogens (tertiary/aromatic N) is 1. The Morgan fingerprint density at radius 2 is 2.25 bits per heavy atom. The first-order valence-electron chi connectivity index (χ1n) is 5.29. The number of likely N-dealkylation sites (tertiary alicyclic amines) is 1. The molecule has 1 amide bonds. The maximum atomic E-state index is 12.1. The fraction of sp³-hybridized carbons (Fsp3) is 0.545. The molecule has 1 aliphatic rings. The molecule has 3 N–H and O–H groups in total. The highest BCUT2D eigenvalue weighted by Gasteiger charge is 2.26. The average molecular weight is 244 g/mol. The van der Waals surface area contributed by atoms with Crippen LogP contribution in [-0.2, 0) is 0 Å². The van der Waals surface area contributed by atoms with Crippen LogP contribution in [-0.4, -0.2) is 34.9 Å². The van der Waals surface area contributed by atoms with E-state index in [2.05, 4.69) is 4.98 Å². The third kappa shape index (κ3) is 2.39. The van der Waals surface area contributed by atoms with Crippen molar-refractivity contribution in [2.24, 2.45) is 5.73 Å². The highest BCUT2D eigenvalue weighted by atomic mass is 35.5. The second kappa shape index (κ2) is 4.89. The number of aryl methyl sites for hydroxylation is 2. The first-order valence-corrected chi connectivity index (χ1v) is 5.29. The van der Waals surface area contributed by atoms with Crippen LogP contribution in [0.25, 0.3) is 0 Å². The van der Waals surface area contributed by atoms with Gasteiger partial charge in [-0.2, -0.15) is 0 Å². The van der Waals surface area contributed by atoms with E-state index in [0.717, 1.165) is 24.2 Å². The van der Waals surface area contributed by atoms with Gasteiger partial charge < -0.3 is 15.6 Å². The van der Waals surface area contributed by atoms with Crippen molar-refractivity contribution in [1.82, 2.24) is 9.88 Å². The van der Waals surface area contributed by atoms with Gasteiger partial charge in [0.25, 0.3) is 5.91 Å². The molecule has 0 unspecified atom stereocenters. The van der Waals surface area contributed by atoms with Crippen LogP contribution >= 0.6 is 12.4 Å². The number of aromatic amines is 1. The summed E-state index contributed by atoms with van der Waals surface area (Å²) in [6.07, 6.45) is 0.907. The van der Waals surface area contributed by atoms with E-state index in [1.54, 1.807) is 0 Å². The molecule has 0 radical (unpaired) electrons. The Bertz CT molecular complexity index is 389. The van der Waals surface area contributed by atoms with E-state index in [-0.39, 0.29) is 24.4 Å². The molecule has 0 saturated carbocycles. The van der Waals surface area contributed by atoms with Gasteiger partial charge >= 0.3 is 0 Å². The van der Waals surface area contributed by atoms with Crippen LogP contribution in [0.3, 0.4) is 0 Å². The normalized spacial score (nSPS) is 19.7. The fourth-order valence-corrected chi connectivity index (χ4v) is 2.08. The first kappa shape index (κ1) is 13.1. The van der Waals surface area contributed by atoms with E-state index >= 15 is 0 Å². The minimum absolute atomic E-state index is 0. The van der Waals surface area contributed by atoms with Gasteiger partial charge in [0, 0.05) is 24.8 Å². The number of H-pyrrole nitrogens is 1. The van der Waals surface area contributed by atoms with Gasteiger partial charge in [0.2, 0.25) is 0 Å². The molecule has 1 aromatic heterocycles. The monoisotopic (exact) mass is 243 g/mol. The van der Waals surface area contributed by atoms with Crippen molar-refractivity contribution in [3.8, 4) is 0 Å². The van der Waals surface area contributed by atoms with E-state index in [4.69, 9.17) is 5.73 Å². The third-order valence-electron chi connectivity index (χ3n) is 2.88. The molecule has 1 aliphatic heterocycles. The van der Waals surface area contributed by atoms with Crippen molar-refractivity contribution < 1.29 is 4.79 Å². The summed E-state index contributed by atoms with van der Waals surface area (Å²) in [5, 5.41) is 0. The number of aromatic nitrogens is 1. The lowest BCUT2D eigenvalue weighted by molar-refractivity contribution is 0.0785. The molecule has 0 spiro atoms. The van der Waals surface area contributed by atoms with Gasteiger partial charge in [-0.1, -0.05) is 0 Å². The number of nitrogens with one attached hydrogen (secondary N) is 1. The summed E-state index contributed by atoms with van der Waals surface area (Å²) in [5.41, 5.74) is 8.53. The topological polar surface area (TPSA) is 62.1 Å². The van der Waals surface area contributed by atoms with Gasteiger partial charge in [-0.15, -0.1) is 12.4 Å². The number of rotatable bonds is 1. The van der Waals surface area contributed by atoms with Crippen LogP contribution in [0.1, 0.15) is 28.2 Å². The molecule has 0 aliphatic carbocycles. The van der Waals surface area contributed by atoms with E-state index < -0.39 is 0 Å². The molecule has 4 nitrogen and oxygen atoms in total. The average Bonchev–Trinajstić information content (AvgIpc) is 2.71. The lowest BCUT2D eigenvalue weighted by atomic mass is 10.2. The minimum Gasteiger partial charge on any atom is -0.354 e. The van der Waals surface area contributed by atoms with Gasteiger partial charge in [0.15, 0.2) is 0 Å². The molecule has 2 rings (SSSR count). The number of amides is 1. The second-order valence-corrected chi connectivity index (χ2v) is 4.31. The second-order valence-electron chi connectivity index (χ2n) is 4.31. The first-order chi connectivity index (χ1) is 7.08. The number of carbonyl (C=O) groups excluding carboxylic acids is 1. The summed E-state index contributed by atoms with van der Waals surface area (Å²) in [6.45, 7) is 5.36.